The zero-order chi connectivity index (χ0) is 13.1. The summed E-state index contributed by atoms with van der Waals surface area (Å²) in [4.78, 5) is 0. The van der Waals surface area contributed by atoms with Crippen molar-refractivity contribution in [2.24, 2.45) is 5.92 Å². The van der Waals surface area contributed by atoms with Gasteiger partial charge in [-0.1, -0.05) is 43.5 Å². The van der Waals surface area contributed by atoms with E-state index in [1.807, 2.05) is 6.07 Å². The highest BCUT2D eigenvalue weighted by Crippen LogP contribution is 2.31. The number of aliphatic hydroxyl groups excluding tert-OH is 1. The molecule has 1 heterocycles. The van der Waals surface area contributed by atoms with Crippen molar-refractivity contribution in [2.75, 3.05) is 0 Å². The molecule has 1 aromatic rings. The van der Waals surface area contributed by atoms with Crippen LogP contribution in [-0.4, -0.2) is 11.2 Å². The van der Waals surface area contributed by atoms with Crippen LogP contribution in [0.4, 0.5) is 0 Å². The lowest BCUT2D eigenvalue weighted by atomic mass is 9.84. The van der Waals surface area contributed by atoms with Gasteiger partial charge in [0.05, 0.1) is 11.9 Å². The molecule has 3 rings (SSSR count). The van der Waals surface area contributed by atoms with E-state index < -0.39 is 0 Å². The average Bonchev–Trinajstić information content (AvgIpc) is 2.48. The van der Waals surface area contributed by atoms with Crippen LogP contribution in [0.5, 0.6) is 0 Å². The van der Waals surface area contributed by atoms with Gasteiger partial charge in [0.2, 0.25) is 0 Å². The van der Waals surface area contributed by atoms with Crippen LogP contribution in [0.3, 0.4) is 0 Å². The molecule has 0 bridgehead atoms. The molecule has 1 fully saturated rings. The highest BCUT2D eigenvalue weighted by Gasteiger charge is 2.24. The Morgan fingerprint density at radius 3 is 2.79 bits per heavy atom. The predicted molar refractivity (Wildman–Crippen MR) is 76.4 cm³/mol. The van der Waals surface area contributed by atoms with Crippen LogP contribution < -0.4 is 0 Å². The Bertz CT molecular complexity index is 458. The Morgan fingerprint density at radius 1 is 1.16 bits per heavy atom. The van der Waals surface area contributed by atoms with E-state index in [2.05, 4.69) is 24.3 Å². The van der Waals surface area contributed by atoms with E-state index in [9.17, 15) is 5.11 Å². The average molecular weight is 258 g/mol. The molecule has 2 aliphatic rings. The van der Waals surface area contributed by atoms with Crippen LogP contribution in [0.25, 0.3) is 6.08 Å². The van der Waals surface area contributed by atoms with Gasteiger partial charge >= 0.3 is 0 Å². The summed E-state index contributed by atoms with van der Waals surface area (Å²) in [5.41, 5.74) is 2.47. The fraction of sp³-hybridized carbons (Fsp3) is 0.529. The van der Waals surface area contributed by atoms with Gasteiger partial charge in [-0.15, -0.1) is 0 Å². The van der Waals surface area contributed by atoms with E-state index >= 15 is 0 Å². The minimum atomic E-state index is -0.239. The van der Waals surface area contributed by atoms with Gasteiger partial charge in [0.1, 0.15) is 6.61 Å². The van der Waals surface area contributed by atoms with Gasteiger partial charge in [-0.2, -0.15) is 0 Å². The van der Waals surface area contributed by atoms with Crippen molar-refractivity contribution in [3.05, 3.63) is 41.2 Å². The molecule has 1 aliphatic carbocycles. The van der Waals surface area contributed by atoms with Crippen LogP contribution in [-0.2, 0) is 11.3 Å². The lowest BCUT2D eigenvalue weighted by Gasteiger charge is -2.28. The fourth-order valence-corrected chi connectivity index (χ4v) is 3.20. The maximum absolute atomic E-state index is 10.4. The molecular weight excluding hydrogens is 236 g/mol. The molecule has 2 heteroatoms. The Hall–Kier alpha value is -1.28. The Kier molecular flexibility index (Phi) is 3.88. The number of rotatable bonds is 3. The van der Waals surface area contributed by atoms with E-state index in [0.717, 1.165) is 5.76 Å². The largest absolute Gasteiger partial charge is 0.493 e. The number of hydrogen-bond acceptors (Lipinski definition) is 2. The van der Waals surface area contributed by atoms with E-state index in [0.29, 0.717) is 18.9 Å². The first kappa shape index (κ1) is 12.7. The molecule has 1 atom stereocenters. The number of fused-ring (bicyclic) bond motifs is 1. The molecule has 1 saturated carbocycles. The predicted octanol–water partition coefficient (Wildman–Crippen LogP) is 3.89. The molecule has 0 amide bonds. The minimum Gasteiger partial charge on any atom is -0.493 e. The lowest BCUT2D eigenvalue weighted by Crippen LogP contribution is -2.24. The maximum atomic E-state index is 10.4. The first-order chi connectivity index (χ1) is 9.33. The molecule has 1 unspecified atom stereocenters. The number of benzene rings is 1. The highest BCUT2D eigenvalue weighted by molar-refractivity contribution is 5.57. The number of ether oxygens (including phenoxy) is 1. The second-order valence-electron chi connectivity index (χ2n) is 5.77. The Labute approximate surface area is 115 Å². The molecule has 1 aromatic carbocycles. The summed E-state index contributed by atoms with van der Waals surface area (Å²) >= 11 is 0. The number of aliphatic hydroxyl groups is 1. The standard InChI is InChI=1S/C17H22O2/c18-17(13-6-2-1-3-7-13)11-16-10-14-8-4-5-9-15(14)12-19-16/h4-5,8-10,13,17-18H,1-3,6-7,11-12H2. The first-order valence-electron chi connectivity index (χ1n) is 7.42. The molecule has 0 spiro atoms. The molecule has 2 nitrogen and oxygen atoms in total. The van der Waals surface area contributed by atoms with Gasteiger partial charge in [0.25, 0.3) is 0 Å². The van der Waals surface area contributed by atoms with Crippen LogP contribution in [0.15, 0.2) is 30.0 Å². The van der Waals surface area contributed by atoms with E-state index in [4.69, 9.17) is 4.74 Å². The summed E-state index contributed by atoms with van der Waals surface area (Å²) < 4.78 is 5.77. The van der Waals surface area contributed by atoms with Gasteiger partial charge < -0.3 is 9.84 Å². The first-order valence-corrected chi connectivity index (χ1v) is 7.42. The Balaban J connectivity index is 1.65. The molecule has 0 saturated heterocycles. The Morgan fingerprint density at radius 2 is 1.95 bits per heavy atom. The summed E-state index contributed by atoms with van der Waals surface area (Å²) in [6.07, 6.45) is 8.72. The van der Waals surface area contributed by atoms with Crippen molar-refractivity contribution < 1.29 is 9.84 Å². The van der Waals surface area contributed by atoms with Crippen molar-refractivity contribution in [1.29, 1.82) is 0 Å². The quantitative estimate of drug-likeness (QED) is 0.891. The molecule has 0 radical (unpaired) electrons. The zero-order valence-electron chi connectivity index (χ0n) is 11.3. The highest BCUT2D eigenvalue weighted by atomic mass is 16.5. The third-order valence-electron chi connectivity index (χ3n) is 4.39. The van der Waals surface area contributed by atoms with Gasteiger partial charge in [0, 0.05) is 6.42 Å². The second kappa shape index (κ2) is 5.79. The van der Waals surface area contributed by atoms with Gasteiger partial charge in [-0.05, 0) is 36.0 Å². The van der Waals surface area contributed by atoms with E-state index in [1.165, 1.54) is 43.2 Å². The molecule has 0 aromatic heterocycles. The van der Waals surface area contributed by atoms with Gasteiger partial charge in [-0.25, -0.2) is 0 Å². The molecule has 19 heavy (non-hydrogen) atoms. The summed E-state index contributed by atoms with van der Waals surface area (Å²) in [5.74, 6) is 1.41. The van der Waals surface area contributed by atoms with Crippen molar-refractivity contribution >= 4 is 6.08 Å². The monoisotopic (exact) mass is 258 g/mol. The molecule has 1 N–H and O–H groups in total. The lowest BCUT2D eigenvalue weighted by molar-refractivity contribution is 0.0636. The molecule has 102 valence electrons. The number of hydrogen-bond donors (Lipinski definition) is 1. The van der Waals surface area contributed by atoms with Crippen molar-refractivity contribution in [2.45, 2.75) is 51.2 Å². The van der Waals surface area contributed by atoms with Crippen LogP contribution in [0.2, 0.25) is 0 Å². The van der Waals surface area contributed by atoms with Crippen molar-refractivity contribution in [1.82, 2.24) is 0 Å². The smallest absolute Gasteiger partial charge is 0.113 e. The van der Waals surface area contributed by atoms with E-state index in [1.54, 1.807) is 0 Å². The summed E-state index contributed by atoms with van der Waals surface area (Å²) in [7, 11) is 0. The second-order valence-corrected chi connectivity index (χ2v) is 5.77. The summed E-state index contributed by atoms with van der Waals surface area (Å²) in [5, 5.41) is 10.4. The minimum absolute atomic E-state index is 0.239. The van der Waals surface area contributed by atoms with Crippen LogP contribution >= 0.6 is 0 Å². The van der Waals surface area contributed by atoms with Crippen LogP contribution in [0.1, 0.15) is 49.7 Å². The summed E-state index contributed by atoms with van der Waals surface area (Å²) in [6.45, 7) is 0.638. The van der Waals surface area contributed by atoms with Crippen molar-refractivity contribution in [3.8, 4) is 0 Å². The van der Waals surface area contributed by atoms with Crippen LogP contribution in [0, 0.1) is 5.92 Å². The third kappa shape index (κ3) is 3.01. The topological polar surface area (TPSA) is 29.5 Å². The van der Waals surface area contributed by atoms with Crippen molar-refractivity contribution in [3.63, 3.8) is 0 Å². The fourth-order valence-electron chi connectivity index (χ4n) is 3.20. The third-order valence-corrected chi connectivity index (χ3v) is 4.39. The molecular formula is C17H22O2. The maximum Gasteiger partial charge on any atom is 0.113 e. The normalized spacial score (nSPS) is 21.2. The zero-order valence-corrected chi connectivity index (χ0v) is 11.3. The summed E-state index contributed by atoms with van der Waals surface area (Å²) in [6, 6.07) is 8.30. The SMILES string of the molecule is OC(CC1=Cc2ccccc2CO1)C1CCCCC1. The van der Waals surface area contributed by atoms with Gasteiger partial charge in [0.15, 0.2) is 0 Å². The van der Waals surface area contributed by atoms with Gasteiger partial charge in [-0.3, -0.25) is 0 Å². The van der Waals surface area contributed by atoms with E-state index in [-0.39, 0.29) is 6.10 Å². The molecule has 1 aliphatic heterocycles.